The van der Waals surface area contributed by atoms with Crippen molar-refractivity contribution in [2.24, 2.45) is 0 Å². The summed E-state index contributed by atoms with van der Waals surface area (Å²) in [6.07, 6.45) is 0. The van der Waals surface area contributed by atoms with Crippen LogP contribution in [0, 0.1) is 6.92 Å². The number of carboxylic acids is 1. The molecular formula is C12H13ClN2O3. The molecule has 1 rings (SSSR count). The summed E-state index contributed by atoms with van der Waals surface area (Å²) >= 11 is 5.51. The van der Waals surface area contributed by atoms with E-state index in [4.69, 9.17) is 16.7 Å². The van der Waals surface area contributed by atoms with Crippen LogP contribution in [0.3, 0.4) is 0 Å². The summed E-state index contributed by atoms with van der Waals surface area (Å²) in [4.78, 5) is 22.2. The van der Waals surface area contributed by atoms with Gasteiger partial charge in [0.15, 0.2) is 0 Å². The van der Waals surface area contributed by atoms with Crippen molar-refractivity contribution in [3.63, 3.8) is 0 Å². The van der Waals surface area contributed by atoms with E-state index in [1.54, 1.807) is 6.92 Å². The molecule has 18 heavy (non-hydrogen) atoms. The number of halogens is 1. The van der Waals surface area contributed by atoms with Crippen LogP contribution in [0.1, 0.15) is 15.9 Å². The number of anilines is 1. The van der Waals surface area contributed by atoms with Gasteiger partial charge in [0.1, 0.15) is 0 Å². The first-order valence-electron chi connectivity index (χ1n) is 5.12. The van der Waals surface area contributed by atoms with E-state index in [1.165, 1.54) is 18.2 Å². The Balaban J connectivity index is 2.70. The van der Waals surface area contributed by atoms with Crippen LogP contribution in [0.4, 0.5) is 10.5 Å². The molecule has 0 atom stereocenters. The molecule has 3 N–H and O–H groups in total. The molecule has 0 aliphatic heterocycles. The molecule has 1 aromatic carbocycles. The molecule has 0 aliphatic carbocycles. The van der Waals surface area contributed by atoms with Crippen molar-refractivity contribution >= 4 is 29.3 Å². The van der Waals surface area contributed by atoms with Crippen molar-refractivity contribution in [2.45, 2.75) is 6.92 Å². The number of nitrogens with one attached hydrogen (secondary N) is 2. The number of benzene rings is 1. The number of carbonyl (C=O) groups is 2. The van der Waals surface area contributed by atoms with Crippen LogP contribution in [0.5, 0.6) is 0 Å². The quantitative estimate of drug-likeness (QED) is 0.785. The Kier molecular flexibility index (Phi) is 4.74. The summed E-state index contributed by atoms with van der Waals surface area (Å²) in [7, 11) is 0. The maximum atomic E-state index is 11.4. The molecule has 6 heteroatoms. The zero-order valence-corrected chi connectivity index (χ0v) is 10.5. The Hall–Kier alpha value is -2.01. The van der Waals surface area contributed by atoms with Crippen LogP contribution >= 0.6 is 11.6 Å². The fraction of sp³-hybridized carbons (Fsp3) is 0.167. The minimum absolute atomic E-state index is 0.166. The lowest BCUT2D eigenvalue weighted by Gasteiger charge is -2.10. The van der Waals surface area contributed by atoms with Gasteiger partial charge in [0.05, 0.1) is 12.1 Å². The average Bonchev–Trinajstić information content (AvgIpc) is 2.29. The smallest absolute Gasteiger partial charge is 0.335 e. The third-order valence-corrected chi connectivity index (χ3v) is 2.30. The molecule has 5 nitrogen and oxygen atoms in total. The predicted octanol–water partition coefficient (Wildman–Crippen LogP) is 2.57. The molecule has 0 spiro atoms. The lowest BCUT2D eigenvalue weighted by molar-refractivity contribution is 0.0697. The predicted molar refractivity (Wildman–Crippen MR) is 70.2 cm³/mol. The van der Waals surface area contributed by atoms with Gasteiger partial charge in [-0.2, -0.15) is 0 Å². The van der Waals surface area contributed by atoms with Crippen LogP contribution in [0.15, 0.2) is 29.8 Å². The molecule has 1 aromatic rings. The molecule has 0 saturated heterocycles. The van der Waals surface area contributed by atoms with Crippen molar-refractivity contribution in [1.82, 2.24) is 5.32 Å². The van der Waals surface area contributed by atoms with Gasteiger partial charge in [0.2, 0.25) is 0 Å². The maximum absolute atomic E-state index is 11.4. The minimum atomic E-state index is -1.01. The number of aryl methyl sites for hydroxylation is 1. The standard InChI is InChI=1S/C12H13ClN2O3/c1-7-5-9(11(16)17)3-4-10(7)15-12(18)14-6-8(2)13/h3-5H,2,6H2,1H3,(H,16,17)(H2,14,15,18). The summed E-state index contributed by atoms with van der Waals surface area (Å²) in [5.41, 5.74) is 1.38. The first-order chi connectivity index (χ1) is 8.40. The summed E-state index contributed by atoms with van der Waals surface area (Å²) < 4.78 is 0. The SMILES string of the molecule is C=C(Cl)CNC(=O)Nc1ccc(C(=O)O)cc1C. The molecular weight excluding hydrogens is 256 g/mol. The lowest BCUT2D eigenvalue weighted by atomic mass is 10.1. The van der Waals surface area contributed by atoms with E-state index in [1.807, 2.05) is 0 Å². The van der Waals surface area contributed by atoms with Crippen molar-refractivity contribution in [3.8, 4) is 0 Å². The second-order valence-corrected chi connectivity index (χ2v) is 4.19. The summed E-state index contributed by atoms with van der Waals surface area (Å²) in [6, 6.07) is 4.01. The molecule has 0 unspecified atom stereocenters. The van der Waals surface area contributed by atoms with E-state index in [2.05, 4.69) is 17.2 Å². The maximum Gasteiger partial charge on any atom is 0.335 e. The highest BCUT2D eigenvalue weighted by molar-refractivity contribution is 6.29. The summed E-state index contributed by atoms with van der Waals surface area (Å²) in [6.45, 7) is 5.32. The first-order valence-corrected chi connectivity index (χ1v) is 5.50. The van der Waals surface area contributed by atoms with Gasteiger partial charge in [-0.15, -0.1) is 0 Å². The van der Waals surface area contributed by atoms with Crippen LogP contribution in [-0.2, 0) is 0 Å². The number of carbonyl (C=O) groups excluding carboxylic acids is 1. The molecule has 0 saturated carbocycles. The van der Waals surface area contributed by atoms with Gasteiger partial charge in [-0.25, -0.2) is 9.59 Å². The number of carboxylic acid groups (broad SMARTS) is 1. The van der Waals surface area contributed by atoms with Crippen molar-refractivity contribution < 1.29 is 14.7 Å². The normalized spacial score (nSPS) is 9.67. The Morgan fingerprint density at radius 2 is 2.11 bits per heavy atom. The number of hydrogen-bond acceptors (Lipinski definition) is 2. The van der Waals surface area contributed by atoms with Crippen molar-refractivity contribution in [1.29, 1.82) is 0 Å². The number of aromatic carboxylic acids is 1. The van der Waals surface area contributed by atoms with Gasteiger partial charge >= 0.3 is 12.0 Å². The number of urea groups is 1. The Bertz CT molecular complexity index is 500. The van der Waals surface area contributed by atoms with Gasteiger partial charge in [-0.05, 0) is 30.7 Å². The van der Waals surface area contributed by atoms with E-state index < -0.39 is 12.0 Å². The van der Waals surface area contributed by atoms with E-state index >= 15 is 0 Å². The van der Waals surface area contributed by atoms with E-state index in [9.17, 15) is 9.59 Å². The third-order valence-electron chi connectivity index (χ3n) is 2.16. The number of hydrogen-bond donors (Lipinski definition) is 3. The second-order valence-electron chi connectivity index (χ2n) is 3.66. The highest BCUT2D eigenvalue weighted by Crippen LogP contribution is 2.16. The first kappa shape index (κ1) is 14.1. The van der Waals surface area contributed by atoms with Gasteiger partial charge in [0, 0.05) is 10.7 Å². The Morgan fingerprint density at radius 1 is 1.44 bits per heavy atom. The fourth-order valence-electron chi connectivity index (χ4n) is 1.28. The number of rotatable bonds is 4. The fourth-order valence-corrected chi connectivity index (χ4v) is 1.35. The van der Waals surface area contributed by atoms with Gasteiger partial charge in [-0.3, -0.25) is 0 Å². The molecule has 2 amide bonds. The van der Waals surface area contributed by atoms with Crippen LogP contribution < -0.4 is 10.6 Å². The van der Waals surface area contributed by atoms with Crippen molar-refractivity contribution in [2.75, 3.05) is 11.9 Å². The molecule has 0 aliphatic rings. The Labute approximate surface area is 109 Å². The highest BCUT2D eigenvalue weighted by atomic mass is 35.5. The molecule has 0 radical (unpaired) electrons. The van der Waals surface area contributed by atoms with E-state index in [0.29, 0.717) is 16.3 Å². The minimum Gasteiger partial charge on any atom is -0.478 e. The molecule has 96 valence electrons. The van der Waals surface area contributed by atoms with Gasteiger partial charge < -0.3 is 15.7 Å². The largest absolute Gasteiger partial charge is 0.478 e. The molecule has 0 aromatic heterocycles. The van der Waals surface area contributed by atoms with Crippen LogP contribution in [0.25, 0.3) is 0 Å². The summed E-state index contributed by atoms with van der Waals surface area (Å²) in [5, 5.41) is 14.2. The monoisotopic (exact) mass is 268 g/mol. The molecule has 0 bridgehead atoms. The third kappa shape index (κ3) is 4.10. The van der Waals surface area contributed by atoms with E-state index in [0.717, 1.165) is 0 Å². The zero-order chi connectivity index (χ0) is 13.7. The molecule has 0 fully saturated rings. The lowest BCUT2D eigenvalue weighted by Crippen LogP contribution is -2.29. The van der Waals surface area contributed by atoms with Crippen LogP contribution in [-0.4, -0.2) is 23.7 Å². The van der Waals surface area contributed by atoms with Crippen LogP contribution in [0.2, 0.25) is 0 Å². The summed E-state index contributed by atoms with van der Waals surface area (Å²) in [5.74, 6) is -1.01. The average molecular weight is 269 g/mol. The molecule has 0 heterocycles. The van der Waals surface area contributed by atoms with Gasteiger partial charge in [0.25, 0.3) is 0 Å². The van der Waals surface area contributed by atoms with Crippen molar-refractivity contribution in [3.05, 3.63) is 40.9 Å². The second kappa shape index (κ2) is 6.07. The van der Waals surface area contributed by atoms with Gasteiger partial charge in [-0.1, -0.05) is 18.2 Å². The highest BCUT2D eigenvalue weighted by Gasteiger charge is 2.08. The zero-order valence-electron chi connectivity index (χ0n) is 9.79. The Morgan fingerprint density at radius 3 is 2.61 bits per heavy atom. The van der Waals surface area contributed by atoms with E-state index in [-0.39, 0.29) is 12.1 Å². The topological polar surface area (TPSA) is 78.4 Å². The number of amides is 2.